The van der Waals surface area contributed by atoms with Crippen molar-refractivity contribution in [1.29, 1.82) is 0 Å². The zero-order chi connectivity index (χ0) is 14.4. The van der Waals surface area contributed by atoms with E-state index in [1.807, 2.05) is 12.1 Å². The van der Waals surface area contributed by atoms with Gasteiger partial charge in [-0.25, -0.2) is 4.98 Å². The second kappa shape index (κ2) is 6.91. The first kappa shape index (κ1) is 14.3. The lowest BCUT2D eigenvalue weighted by atomic mass is 10.3. The van der Waals surface area contributed by atoms with Crippen molar-refractivity contribution in [3.8, 4) is 5.75 Å². The van der Waals surface area contributed by atoms with E-state index in [1.54, 1.807) is 30.5 Å². The quantitative estimate of drug-likeness (QED) is 0.648. The van der Waals surface area contributed by atoms with Crippen molar-refractivity contribution in [3.63, 3.8) is 0 Å². The van der Waals surface area contributed by atoms with Crippen molar-refractivity contribution >= 4 is 27.5 Å². The lowest BCUT2D eigenvalue weighted by Crippen LogP contribution is -2.29. The molecule has 1 heterocycles. The summed E-state index contributed by atoms with van der Waals surface area (Å²) in [6, 6.07) is 10.7. The average molecular weight is 336 g/mol. The normalized spacial score (nSPS) is 10.1. The molecule has 1 aromatic carbocycles. The van der Waals surface area contributed by atoms with E-state index in [4.69, 9.17) is 10.5 Å². The lowest BCUT2D eigenvalue weighted by Gasteiger charge is -2.08. The molecule has 2 rings (SSSR count). The number of benzene rings is 1. The van der Waals surface area contributed by atoms with Crippen LogP contribution < -0.4 is 15.8 Å². The number of aromatic nitrogens is 1. The minimum Gasteiger partial charge on any atom is -0.492 e. The maximum Gasteiger partial charge on any atom is 0.271 e. The van der Waals surface area contributed by atoms with E-state index in [9.17, 15) is 4.79 Å². The lowest BCUT2D eigenvalue weighted by molar-refractivity contribution is 0.0941. The number of hydrogen-bond acceptors (Lipinski definition) is 4. The number of carbonyl (C=O) groups excluding carboxylic acids is 1. The molecular formula is C14H14BrN3O2. The molecule has 3 N–H and O–H groups in total. The van der Waals surface area contributed by atoms with Gasteiger partial charge in [-0.05, 0) is 40.2 Å². The molecule has 0 spiro atoms. The number of anilines is 1. The first-order valence-corrected chi connectivity index (χ1v) is 6.83. The van der Waals surface area contributed by atoms with Crippen LogP contribution in [0.3, 0.4) is 0 Å². The van der Waals surface area contributed by atoms with Gasteiger partial charge in [0.05, 0.1) is 6.54 Å². The Kier molecular flexibility index (Phi) is 4.95. The Bertz CT molecular complexity index is 604. The highest BCUT2D eigenvalue weighted by Crippen LogP contribution is 2.14. The van der Waals surface area contributed by atoms with Gasteiger partial charge in [-0.3, -0.25) is 4.79 Å². The smallest absolute Gasteiger partial charge is 0.271 e. The van der Waals surface area contributed by atoms with E-state index in [2.05, 4.69) is 26.2 Å². The first-order valence-electron chi connectivity index (χ1n) is 6.04. The molecule has 104 valence electrons. The van der Waals surface area contributed by atoms with Crippen LogP contribution in [0.5, 0.6) is 5.75 Å². The highest BCUT2D eigenvalue weighted by atomic mass is 79.9. The molecule has 0 radical (unpaired) electrons. The van der Waals surface area contributed by atoms with Crippen molar-refractivity contribution in [2.75, 3.05) is 18.9 Å². The topological polar surface area (TPSA) is 77.2 Å². The van der Waals surface area contributed by atoms with Crippen molar-refractivity contribution in [1.82, 2.24) is 10.3 Å². The fraction of sp³-hybridized carbons (Fsp3) is 0.143. The molecule has 2 aromatic rings. The van der Waals surface area contributed by atoms with Crippen LogP contribution >= 0.6 is 15.9 Å². The summed E-state index contributed by atoms with van der Waals surface area (Å²) in [7, 11) is 0. The molecule has 0 atom stereocenters. The van der Waals surface area contributed by atoms with Gasteiger partial charge in [0.1, 0.15) is 18.1 Å². The Balaban J connectivity index is 1.79. The monoisotopic (exact) mass is 335 g/mol. The maximum absolute atomic E-state index is 11.9. The molecule has 5 nitrogen and oxygen atoms in total. The summed E-state index contributed by atoms with van der Waals surface area (Å²) < 4.78 is 6.14. The van der Waals surface area contributed by atoms with Crippen molar-refractivity contribution in [2.45, 2.75) is 0 Å². The Morgan fingerprint density at radius 3 is 2.95 bits per heavy atom. The number of carbonyl (C=O) groups is 1. The molecule has 0 saturated heterocycles. The van der Waals surface area contributed by atoms with Crippen LogP contribution in [0.15, 0.2) is 47.1 Å². The fourth-order valence-electron chi connectivity index (χ4n) is 1.57. The fourth-order valence-corrected chi connectivity index (χ4v) is 2.01. The van der Waals surface area contributed by atoms with Crippen LogP contribution in [-0.2, 0) is 0 Å². The Hall–Kier alpha value is -2.08. The zero-order valence-corrected chi connectivity index (χ0v) is 12.3. The van der Waals surface area contributed by atoms with Crippen LogP contribution in [-0.4, -0.2) is 24.0 Å². The second-order valence-corrected chi connectivity index (χ2v) is 4.87. The van der Waals surface area contributed by atoms with Crippen LogP contribution in [0.2, 0.25) is 0 Å². The summed E-state index contributed by atoms with van der Waals surface area (Å²) in [5.41, 5.74) is 6.64. The van der Waals surface area contributed by atoms with E-state index < -0.39 is 0 Å². The van der Waals surface area contributed by atoms with Gasteiger partial charge in [0.15, 0.2) is 0 Å². The third-order valence-corrected chi connectivity index (χ3v) is 3.13. The van der Waals surface area contributed by atoms with Gasteiger partial charge in [-0.1, -0.05) is 6.07 Å². The number of pyridine rings is 1. The molecule has 0 aliphatic rings. The number of ether oxygens (including phenoxy) is 1. The van der Waals surface area contributed by atoms with Crippen LogP contribution in [0.25, 0.3) is 0 Å². The Labute approximate surface area is 125 Å². The molecule has 0 aliphatic heterocycles. The number of nitrogens with zero attached hydrogens (tertiary/aromatic N) is 1. The third kappa shape index (κ3) is 3.96. The minimum absolute atomic E-state index is 0.242. The molecule has 0 aliphatic carbocycles. The number of nitrogens with one attached hydrogen (secondary N) is 1. The largest absolute Gasteiger partial charge is 0.492 e. The van der Waals surface area contributed by atoms with Crippen molar-refractivity contribution in [3.05, 3.63) is 52.8 Å². The molecule has 20 heavy (non-hydrogen) atoms. The number of hydrogen-bond donors (Lipinski definition) is 2. The first-order chi connectivity index (χ1) is 9.66. The summed E-state index contributed by atoms with van der Waals surface area (Å²) in [6.45, 7) is 0.746. The minimum atomic E-state index is -0.242. The van der Waals surface area contributed by atoms with Crippen molar-refractivity contribution in [2.24, 2.45) is 0 Å². The van der Waals surface area contributed by atoms with Gasteiger partial charge in [-0.2, -0.15) is 0 Å². The van der Waals surface area contributed by atoms with Gasteiger partial charge in [0, 0.05) is 22.4 Å². The molecule has 1 aromatic heterocycles. The Morgan fingerprint density at radius 1 is 1.35 bits per heavy atom. The highest BCUT2D eigenvalue weighted by Gasteiger charge is 2.09. The second-order valence-electron chi connectivity index (χ2n) is 4.01. The Morgan fingerprint density at radius 2 is 2.20 bits per heavy atom. The van der Waals surface area contributed by atoms with E-state index >= 15 is 0 Å². The number of nitrogen functional groups attached to an aromatic ring is 1. The summed E-state index contributed by atoms with van der Waals surface area (Å²) in [6.07, 6.45) is 1.57. The molecule has 6 heteroatoms. The number of nitrogens with two attached hydrogens (primary N) is 1. The van der Waals surface area contributed by atoms with E-state index in [1.165, 1.54) is 0 Å². The molecule has 0 saturated carbocycles. The van der Waals surface area contributed by atoms with Gasteiger partial charge in [0.25, 0.3) is 5.91 Å². The van der Waals surface area contributed by atoms with E-state index in [0.717, 1.165) is 0 Å². The third-order valence-electron chi connectivity index (χ3n) is 2.49. The van der Waals surface area contributed by atoms with Crippen LogP contribution in [0.4, 0.5) is 5.69 Å². The van der Waals surface area contributed by atoms with E-state index in [0.29, 0.717) is 34.8 Å². The number of rotatable bonds is 5. The molecule has 0 bridgehead atoms. The predicted octanol–water partition coefficient (Wildman–Crippen LogP) is 2.24. The number of halogens is 1. The average Bonchev–Trinajstić information content (AvgIpc) is 2.44. The van der Waals surface area contributed by atoms with E-state index in [-0.39, 0.29) is 5.91 Å². The number of amides is 1. The standard InChI is InChI=1S/C14H14BrN3O2/c15-12-5-2-6-17-13(12)14(19)18-7-8-20-11-4-1-3-10(16)9-11/h1-6,9H,7-8,16H2,(H,18,19). The summed E-state index contributed by atoms with van der Waals surface area (Å²) in [5.74, 6) is 0.437. The summed E-state index contributed by atoms with van der Waals surface area (Å²) >= 11 is 3.28. The van der Waals surface area contributed by atoms with Gasteiger partial charge in [-0.15, -0.1) is 0 Å². The molecule has 1 amide bonds. The zero-order valence-electron chi connectivity index (χ0n) is 10.7. The molecule has 0 unspecified atom stereocenters. The SMILES string of the molecule is Nc1cccc(OCCNC(=O)c2ncccc2Br)c1. The van der Waals surface area contributed by atoms with Gasteiger partial charge < -0.3 is 15.8 Å². The molecular weight excluding hydrogens is 322 g/mol. The maximum atomic E-state index is 11.9. The van der Waals surface area contributed by atoms with Gasteiger partial charge >= 0.3 is 0 Å². The van der Waals surface area contributed by atoms with Crippen molar-refractivity contribution < 1.29 is 9.53 Å². The summed E-state index contributed by atoms with van der Waals surface area (Å²) in [5, 5.41) is 2.74. The molecule has 0 fully saturated rings. The van der Waals surface area contributed by atoms with Gasteiger partial charge in [0.2, 0.25) is 0 Å². The predicted molar refractivity (Wildman–Crippen MR) is 80.6 cm³/mol. The van der Waals surface area contributed by atoms with Crippen LogP contribution in [0, 0.1) is 0 Å². The highest BCUT2D eigenvalue weighted by molar-refractivity contribution is 9.10. The summed E-state index contributed by atoms with van der Waals surface area (Å²) in [4.78, 5) is 15.9. The van der Waals surface area contributed by atoms with Crippen LogP contribution in [0.1, 0.15) is 10.5 Å².